The maximum absolute atomic E-state index is 11.9. The molecule has 4 rings (SSSR count). The minimum absolute atomic E-state index is 0.0387. The molecule has 178 valence electrons. The molecule has 0 unspecified atom stereocenters. The number of hydrogen-bond donors (Lipinski definition) is 2. The smallest absolute Gasteiger partial charge is 0.271 e. The summed E-state index contributed by atoms with van der Waals surface area (Å²) in [5.41, 5.74) is 8.20. The van der Waals surface area contributed by atoms with E-state index in [-0.39, 0.29) is 22.6 Å². The third-order valence-electron chi connectivity index (χ3n) is 6.67. The summed E-state index contributed by atoms with van der Waals surface area (Å²) >= 11 is 6.29. The van der Waals surface area contributed by atoms with E-state index in [9.17, 15) is 4.79 Å². The maximum Gasteiger partial charge on any atom is 0.271 e. The molecule has 2 aliphatic rings. The van der Waals surface area contributed by atoms with Crippen LogP contribution >= 0.6 is 11.6 Å². The second-order valence-corrected chi connectivity index (χ2v) is 9.70. The van der Waals surface area contributed by atoms with Gasteiger partial charge in [-0.2, -0.15) is 0 Å². The molecule has 9 heteroatoms. The van der Waals surface area contributed by atoms with Crippen LogP contribution in [0, 0.1) is 0 Å². The SMILES string of the molecule is CC(C)c1nc(C(N)=O)c(Nc2ccc(N3CCC(N4CCN(C)CC4)CC3)cc2)nc1Cl. The lowest BCUT2D eigenvalue weighted by Gasteiger charge is -2.42. The molecular weight excluding hydrogens is 438 g/mol. The molecular formula is C24H34ClN7O. The van der Waals surface area contributed by atoms with Gasteiger partial charge in [0.05, 0.1) is 5.69 Å². The van der Waals surface area contributed by atoms with Crippen molar-refractivity contribution in [2.45, 2.75) is 38.6 Å². The lowest BCUT2D eigenvalue weighted by molar-refractivity contribution is 0.0982. The fourth-order valence-electron chi connectivity index (χ4n) is 4.62. The number of nitrogens with two attached hydrogens (primary N) is 1. The van der Waals surface area contributed by atoms with Gasteiger partial charge in [0.1, 0.15) is 0 Å². The molecule has 2 saturated heterocycles. The summed E-state index contributed by atoms with van der Waals surface area (Å²) in [6.07, 6.45) is 2.39. The molecule has 0 atom stereocenters. The van der Waals surface area contributed by atoms with Crippen LogP contribution in [0.4, 0.5) is 17.2 Å². The summed E-state index contributed by atoms with van der Waals surface area (Å²) in [7, 11) is 2.20. The number of aromatic nitrogens is 2. The lowest BCUT2D eigenvalue weighted by atomic mass is 10.0. The van der Waals surface area contributed by atoms with E-state index >= 15 is 0 Å². The molecule has 1 aromatic carbocycles. The Kier molecular flexibility index (Phi) is 7.36. The van der Waals surface area contributed by atoms with E-state index in [1.165, 1.54) is 44.7 Å². The molecule has 0 spiro atoms. The van der Waals surface area contributed by atoms with Crippen molar-refractivity contribution in [3.8, 4) is 0 Å². The van der Waals surface area contributed by atoms with Crippen LogP contribution in [-0.2, 0) is 0 Å². The standard InChI is InChI=1S/C24H34ClN7O/c1-16(2)20-22(25)29-24(21(28-20)23(26)33)27-17-4-6-18(7-5-17)31-10-8-19(9-11-31)32-14-12-30(3)13-15-32/h4-7,16,19H,8-15H2,1-3H3,(H2,26,33)(H,27,29). The predicted octanol–water partition coefficient (Wildman–Crippen LogP) is 3.31. The number of nitrogens with one attached hydrogen (secondary N) is 1. The van der Waals surface area contributed by atoms with Crippen molar-refractivity contribution in [3.05, 3.63) is 40.8 Å². The van der Waals surface area contributed by atoms with E-state index in [2.05, 4.69) is 49.2 Å². The number of benzene rings is 1. The van der Waals surface area contributed by atoms with E-state index in [4.69, 9.17) is 17.3 Å². The second-order valence-electron chi connectivity index (χ2n) is 9.35. The molecule has 3 heterocycles. The number of amides is 1. The first-order valence-electron chi connectivity index (χ1n) is 11.7. The zero-order valence-corrected chi connectivity index (χ0v) is 20.5. The van der Waals surface area contributed by atoms with Crippen LogP contribution in [0.15, 0.2) is 24.3 Å². The van der Waals surface area contributed by atoms with Crippen molar-refractivity contribution in [3.63, 3.8) is 0 Å². The molecule has 0 radical (unpaired) electrons. The first kappa shape index (κ1) is 23.7. The molecule has 3 N–H and O–H groups in total. The zero-order chi connectivity index (χ0) is 23.5. The van der Waals surface area contributed by atoms with Crippen molar-refractivity contribution in [1.29, 1.82) is 0 Å². The molecule has 2 aromatic rings. The fourth-order valence-corrected chi connectivity index (χ4v) is 4.97. The zero-order valence-electron chi connectivity index (χ0n) is 19.7. The van der Waals surface area contributed by atoms with Gasteiger partial charge in [-0.05, 0) is 50.1 Å². The van der Waals surface area contributed by atoms with Gasteiger partial charge >= 0.3 is 0 Å². The number of carbonyl (C=O) groups is 1. The van der Waals surface area contributed by atoms with Crippen LogP contribution in [0.5, 0.6) is 0 Å². The highest BCUT2D eigenvalue weighted by Crippen LogP contribution is 2.28. The van der Waals surface area contributed by atoms with E-state index in [1.54, 1.807) is 0 Å². The molecule has 0 aliphatic carbocycles. The third kappa shape index (κ3) is 5.57. The van der Waals surface area contributed by atoms with Crippen LogP contribution in [0.3, 0.4) is 0 Å². The minimum Gasteiger partial charge on any atom is -0.371 e. The summed E-state index contributed by atoms with van der Waals surface area (Å²) in [5, 5.41) is 3.43. The Morgan fingerprint density at radius 2 is 1.70 bits per heavy atom. The van der Waals surface area contributed by atoms with Gasteiger partial charge in [0.25, 0.3) is 5.91 Å². The summed E-state index contributed by atoms with van der Waals surface area (Å²) in [4.78, 5) is 28.2. The Hall–Kier alpha value is -2.42. The van der Waals surface area contributed by atoms with Crippen molar-refractivity contribution in [2.24, 2.45) is 5.73 Å². The Morgan fingerprint density at radius 3 is 2.27 bits per heavy atom. The number of rotatable bonds is 6. The number of anilines is 3. The number of hydrogen-bond acceptors (Lipinski definition) is 7. The highest BCUT2D eigenvalue weighted by atomic mass is 35.5. The van der Waals surface area contributed by atoms with Gasteiger partial charge in [0, 0.05) is 56.7 Å². The van der Waals surface area contributed by atoms with Crippen molar-refractivity contribution >= 4 is 34.7 Å². The van der Waals surface area contributed by atoms with Crippen molar-refractivity contribution in [1.82, 2.24) is 19.8 Å². The summed E-state index contributed by atoms with van der Waals surface area (Å²) < 4.78 is 0. The number of nitrogens with zero attached hydrogens (tertiary/aromatic N) is 5. The average molecular weight is 472 g/mol. The van der Waals surface area contributed by atoms with E-state index in [0.717, 1.165) is 18.8 Å². The Labute approximate surface area is 201 Å². The quantitative estimate of drug-likeness (QED) is 0.667. The van der Waals surface area contributed by atoms with E-state index < -0.39 is 5.91 Å². The van der Waals surface area contributed by atoms with Gasteiger partial charge in [-0.25, -0.2) is 9.97 Å². The molecule has 1 aromatic heterocycles. The summed E-state index contributed by atoms with van der Waals surface area (Å²) in [6, 6.07) is 8.86. The molecule has 0 saturated carbocycles. The fraction of sp³-hybridized carbons (Fsp3) is 0.542. The number of piperidine rings is 1. The van der Waals surface area contributed by atoms with Crippen molar-refractivity contribution in [2.75, 3.05) is 56.5 Å². The van der Waals surface area contributed by atoms with Gasteiger partial charge < -0.3 is 20.9 Å². The molecule has 0 bridgehead atoms. The normalized spacial score (nSPS) is 18.6. The monoisotopic (exact) mass is 471 g/mol. The highest BCUT2D eigenvalue weighted by molar-refractivity contribution is 6.30. The number of halogens is 1. The van der Waals surface area contributed by atoms with Gasteiger partial charge in [0.2, 0.25) is 0 Å². The predicted molar refractivity (Wildman–Crippen MR) is 134 cm³/mol. The number of carbonyl (C=O) groups excluding carboxylic acids is 1. The van der Waals surface area contributed by atoms with Crippen LogP contribution in [-0.4, -0.2) is 78.0 Å². The van der Waals surface area contributed by atoms with Crippen LogP contribution < -0.4 is 16.0 Å². The van der Waals surface area contributed by atoms with Gasteiger partial charge in [0.15, 0.2) is 16.7 Å². The van der Waals surface area contributed by atoms with Gasteiger partial charge in [-0.1, -0.05) is 25.4 Å². The first-order valence-corrected chi connectivity index (χ1v) is 12.1. The van der Waals surface area contributed by atoms with Crippen LogP contribution in [0.1, 0.15) is 48.8 Å². The maximum atomic E-state index is 11.9. The number of piperazine rings is 1. The first-order chi connectivity index (χ1) is 15.8. The molecule has 2 aliphatic heterocycles. The highest BCUT2D eigenvalue weighted by Gasteiger charge is 2.26. The van der Waals surface area contributed by atoms with E-state index in [0.29, 0.717) is 11.7 Å². The van der Waals surface area contributed by atoms with Crippen molar-refractivity contribution < 1.29 is 4.79 Å². The Balaban J connectivity index is 1.39. The van der Waals surface area contributed by atoms with Gasteiger partial charge in [-0.15, -0.1) is 0 Å². The van der Waals surface area contributed by atoms with Gasteiger partial charge in [-0.3, -0.25) is 9.69 Å². The minimum atomic E-state index is -0.636. The lowest BCUT2D eigenvalue weighted by Crippen LogP contribution is -2.52. The second kappa shape index (κ2) is 10.2. The summed E-state index contributed by atoms with van der Waals surface area (Å²) in [5.74, 6) is -0.321. The number of primary amides is 1. The Morgan fingerprint density at radius 1 is 1.06 bits per heavy atom. The molecule has 33 heavy (non-hydrogen) atoms. The molecule has 2 fully saturated rings. The Bertz CT molecular complexity index is 966. The molecule has 1 amide bonds. The average Bonchev–Trinajstić information content (AvgIpc) is 2.80. The topological polar surface area (TPSA) is 90.6 Å². The van der Waals surface area contributed by atoms with Crippen LogP contribution in [0.2, 0.25) is 5.15 Å². The third-order valence-corrected chi connectivity index (χ3v) is 6.95. The van der Waals surface area contributed by atoms with Crippen LogP contribution in [0.25, 0.3) is 0 Å². The number of likely N-dealkylation sites (N-methyl/N-ethyl adjacent to an activating group) is 1. The van der Waals surface area contributed by atoms with E-state index in [1.807, 2.05) is 26.0 Å². The molecule has 8 nitrogen and oxygen atoms in total. The summed E-state index contributed by atoms with van der Waals surface area (Å²) in [6.45, 7) is 10.7. The largest absolute Gasteiger partial charge is 0.371 e.